The summed E-state index contributed by atoms with van der Waals surface area (Å²) in [7, 11) is 1.40. The van der Waals surface area contributed by atoms with Gasteiger partial charge in [-0.05, 0) is 92.2 Å². The number of carbonyl (C=O) groups is 2. The minimum Gasteiger partial charge on any atom is -0.493 e. The highest BCUT2D eigenvalue weighted by Gasteiger charge is 2.55. The fraction of sp³-hybridized carbons (Fsp3) is 0.697. The van der Waals surface area contributed by atoms with Crippen molar-refractivity contribution in [1.29, 1.82) is 0 Å². The second kappa shape index (κ2) is 12.6. The van der Waals surface area contributed by atoms with Crippen LogP contribution in [0, 0.1) is 11.3 Å². The highest BCUT2D eigenvalue weighted by atomic mass is 16.6. The number of allylic oxidation sites excluding steroid dienone is 2. The van der Waals surface area contributed by atoms with Crippen molar-refractivity contribution in [3.05, 3.63) is 35.4 Å². The summed E-state index contributed by atoms with van der Waals surface area (Å²) in [5.74, 6) is 1.41. The van der Waals surface area contributed by atoms with Crippen molar-refractivity contribution in [3.63, 3.8) is 0 Å². The molecule has 8 nitrogen and oxygen atoms in total. The summed E-state index contributed by atoms with van der Waals surface area (Å²) in [6.07, 6.45) is 7.49. The van der Waals surface area contributed by atoms with E-state index in [9.17, 15) is 9.59 Å². The number of hydrogen-bond acceptors (Lipinski definition) is 7. The van der Waals surface area contributed by atoms with E-state index in [0.717, 1.165) is 43.4 Å². The molecule has 3 aliphatic rings. The predicted octanol–water partition coefficient (Wildman–Crippen LogP) is 7.01. The van der Waals surface area contributed by atoms with Crippen molar-refractivity contribution in [3.8, 4) is 11.5 Å². The van der Waals surface area contributed by atoms with Crippen molar-refractivity contribution in [2.45, 2.75) is 104 Å². The van der Waals surface area contributed by atoms with Gasteiger partial charge >= 0.3 is 12.1 Å². The van der Waals surface area contributed by atoms with Crippen LogP contribution in [0.3, 0.4) is 0 Å². The van der Waals surface area contributed by atoms with Crippen LogP contribution in [0.4, 0.5) is 4.79 Å². The maximum Gasteiger partial charge on any atom is 0.410 e. The normalized spacial score (nSPS) is 27.2. The number of likely N-dealkylation sites (tertiary alicyclic amines) is 1. The number of ether oxygens (including phenoxy) is 5. The highest BCUT2D eigenvalue weighted by molar-refractivity contribution is 5.69. The standard InChI is InChI=1S/C33H49NO7/c1-23(2)11-8-15-32(6)26-20-33(16-10-17-34(21-33)30(36)41-31(3,4)5)22-39-29(26)25-14-13-24(19-27(25)40-32)38-18-9-12-28(35)37-7/h11,13-14,19,26,29H,8-10,12,15-18,20-22H2,1-7H3/t26-,29+,32+,33-/m0/s1. The van der Waals surface area contributed by atoms with E-state index in [2.05, 4.69) is 32.9 Å². The predicted molar refractivity (Wildman–Crippen MR) is 157 cm³/mol. The van der Waals surface area contributed by atoms with Gasteiger partial charge in [-0.2, -0.15) is 0 Å². The molecule has 0 radical (unpaired) electrons. The van der Waals surface area contributed by atoms with Gasteiger partial charge in [-0.3, -0.25) is 4.79 Å². The van der Waals surface area contributed by atoms with E-state index in [4.69, 9.17) is 23.7 Å². The molecule has 1 aromatic rings. The van der Waals surface area contributed by atoms with Crippen LogP contribution < -0.4 is 9.47 Å². The fourth-order valence-corrected chi connectivity index (χ4v) is 6.48. The lowest BCUT2D eigenvalue weighted by Crippen LogP contribution is -2.57. The Kier molecular flexibility index (Phi) is 9.62. The SMILES string of the molecule is COC(=O)CCCOc1ccc2c(c1)O[C@](C)(CCC=C(C)C)[C@H]1C[C@]3(CCCN(C(=O)OC(C)(C)C)C3)CO[C@H]21. The zero-order valence-electron chi connectivity index (χ0n) is 26.0. The topological polar surface area (TPSA) is 83.5 Å². The van der Waals surface area contributed by atoms with Crippen LogP contribution in [-0.2, 0) is 19.0 Å². The Morgan fingerprint density at radius 1 is 1.22 bits per heavy atom. The molecule has 1 aromatic carbocycles. The van der Waals surface area contributed by atoms with E-state index >= 15 is 0 Å². The number of amides is 1. The van der Waals surface area contributed by atoms with Gasteiger partial charge < -0.3 is 28.6 Å². The Bertz CT molecular complexity index is 1120. The quantitative estimate of drug-likeness (QED) is 0.188. The Hall–Kier alpha value is -2.74. The Labute approximate surface area is 245 Å². The molecule has 228 valence electrons. The Morgan fingerprint density at radius 3 is 2.71 bits per heavy atom. The van der Waals surface area contributed by atoms with Crippen LogP contribution in [0.1, 0.15) is 98.2 Å². The molecule has 2 saturated heterocycles. The van der Waals surface area contributed by atoms with E-state index in [1.165, 1.54) is 12.7 Å². The van der Waals surface area contributed by atoms with Gasteiger partial charge in [-0.15, -0.1) is 0 Å². The minimum absolute atomic E-state index is 0.0913. The summed E-state index contributed by atoms with van der Waals surface area (Å²) in [5, 5.41) is 0. The second-order valence-electron chi connectivity index (χ2n) is 13.5. The highest BCUT2D eigenvalue weighted by Crippen LogP contribution is 2.56. The van der Waals surface area contributed by atoms with Gasteiger partial charge in [0.15, 0.2) is 0 Å². The summed E-state index contributed by atoms with van der Waals surface area (Å²) in [4.78, 5) is 26.3. The zero-order chi connectivity index (χ0) is 29.8. The lowest BCUT2D eigenvalue weighted by atomic mass is 9.64. The van der Waals surface area contributed by atoms with Gasteiger partial charge in [0, 0.05) is 42.5 Å². The molecule has 41 heavy (non-hydrogen) atoms. The maximum absolute atomic E-state index is 13.0. The monoisotopic (exact) mass is 571 g/mol. The summed E-state index contributed by atoms with van der Waals surface area (Å²) < 4.78 is 30.0. The van der Waals surface area contributed by atoms with Crippen LogP contribution in [0.5, 0.6) is 11.5 Å². The first-order valence-electron chi connectivity index (χ1n) is 15.1. The lowest BCUT2D eigenvalue weighted by Gasteiger charge is -2.55. The number of esters is 1. The van der Waals surface area contributed by atoms with Crippen molar-refractivity contribution in [2.75, 3.05) is 33.4 Å². The summed E-state index contributed by atoms with van der Waals surface area (Å²) in [6, 6.07) is 5.98. The second-order valence-corrected chi connectivity index (χ2v) is 13.5. The molecule has 0 aliphatic carbocycles. The average Bonchev–Trinajstić information content (AvgIpc) is 2.90. The van der Waals surface area contributed by atoms with Crippen LogP contribution in [0.15, 0.2) is 29.8 Å². The van der Waals surface area contributed by atoms with Crippen LogP contribution in [0.2, 0.25) is 0 Å². The van der Waals surface area contributed by atoms with Crippen molar-refractivity contribution in [1.82, 2.24) is 4.90 Å². The Balaban J connectivity index is 1.55. The maximum atomic E-state index is 13.0. The number of rotatable bonds is 8. The van der Waals surface area contributed by atoms with Crippen LogP contribution in [0.25, 0.3) is 0 Å². The third-order valence-electron chi connectivity index (χ3n) is 8.53. The molecule has 3 aliphatic heterocycles. The summed E-state index contributed by atoms with van der Waals surface area (Å²) in [5.41, 5.74) is 1.24. The molecule has 4 rings (SSSR count). The largest absolute Gasteiger partial charge is 0.493 e. The number of nitrogens with zero attached hydrogens (tertiary/aromatic N) is 1. The number of benzene rings is 1. The van der Waals surface area contributed by atoms with Gasteiger partial charge in [-0.1, -0.05) is 11.6 Å². The molecule has 0 saturated carbocycles. The number of fused-ring (bicyclic) bond motifs is 3. The van der Waals surface area contributed by atoms with Crippen molar-refractivity contribution < 1.29 is 33.3 Å². The van der Waals surface area contributed by atoms with Gasteiger partial charge in [0.1, 0.15) is 22.7 Å². The van der Waals surface area contributed by atoms with Crippen molar-refractivity contribution in [2.24, 2.45) is 11.3 Å². The molecule has 0 bridgehead atoms. The van der Waals surface area contributed by atoms with E-state index in [-0.39, 0.29) is 29.5 Å². The van der Waals surface area contributed by atoms with Gasteiger partial charge in [0.05, 0.1) is 26.4 Å². The Morgan fingerprint density at radius 2 is 2.00 bits per heavy atom. The molecule has 2 fully saturated rings. The average molecular weight is 572 g/mol. The van der Waals surface area contributed by atoms with E-state index < -0.39 is 11.2 Å². The summed E-state index contributed by atoms with van der Waals surface area (Å²) >= 11 is 0. The summed E-state index contributed by atoms with van der Waals surface area (Å²) in [6.45, 7) is 14.6. The molecular weight excluding hydrogens is 522 g/mol. The molecule has 1 spiro atoms. The third kappa shape index (κ3) is 7.76. The molecule has 4 atom stereocenters. The molecule has 1 amide bonds. The molecule has 0 unspecified atom stereocenters. The first-order chi connectivity index (χ1) is 19.3. The molecule has 8 heteroatoms. The first kappa shape index (κ1) is 31.2. The molecule has 0 aromatic heterocycles. The van der Waals surface area contributed by atoms with Gasteiger partial charge in [-0.25, -0.2) is 4.79 Å². The van der Waals surface area contributed by atoms with Gasteiger partial charge in [0.25, 0.3) is 0 Å². The molecular formula is C33H49NO7. The number of hydrogen-bond donors (Lipinski definition) is 0. The molecule has 0 N–H and O–H groups in total. The minimum atomic E-state index is -0.524. The lowest BCUT2D eigenvalue weighted by molar-refractivity contribution is -0.180. The zero-order valence-corrected chi connectivity index (χ0v) is 26.0. The first-order valence-corrected chi connectivity index (χ1v) is 15.1. The van der Waals surface area contributed by atoms with E-state index in [0.29, 0.717) is 44.9 Å². The number of carbonyl (C=O) groups excluding carboxylic acids is 2. The fourth-order valence-electron chi connectivity index (χ4n) is 6.48. The van der Waals surface area contributed by atoms with Gasteiger partial charge in [0.2, 0.25) is 0 Å². The number of methoxy groups -OCH3 is 1. The van der Waals surface area contributed by atoms with E-state index in [1.807, 2.05) is 37.8 Å². The molecule has 3 heterocycles. The van der Waals surface area contributed by atoms with E-state index in [1.54, 1.807) is 0 Å². The smallest absolute Gasteiger partial charge is 0.410 e. The van der Waals surface area contributed by atoms with Crippen molar-refractivity contribution >= 4 is 12.1 Å². The van der Waals surface area contributed by atoms with Crippen LogP contribution >= 0.6 is 0 Å². The third-order valence-corrected chi connectivity index (χ3v) is 8.53. The van der Waals surface area contributed by atoms with Crippen LogP contribution in [-0.4, -0.2) is 61.6 Å². The number of piperidine rings is 1.